The molecule has 8 heteroatoms. The molecule has 0 fully saturated rings. The van der Waals surface area contributed by atoms with Gasteiger partial charge in [-0.3, -0.25) is 4.79 Å². The molecule has 4 rings (SSSR count). The third-order valence-electron chi connectivity index (χ3n) is 5.15. The van der Waals surface area contributed by atoms with Crippen molar-refractivity contribution < 1.29 is 4.79 Å². The summed E-state index contributed by atoms with van der Waals surface area (Å²) < 4.78 is 0. The third-order valence-corrected chi connectivity index (χ3v) is 5.89. The first kappa shape index (κ1) is 23.4. The average molecular weight is 478 g/mol. The lowest BCUT2D eigenvalue weighted by atomic mass is 10.1. The monoisotopic (exact) mass is 476 g/mol. The highest BCUT2D eigenvalue weighted by Gasteiger charge is 2.18. The number of fused-ring (bicyclic) bond motifs is 3. The Balaban J connectivity index is 0.00000272. The van der Waals surface area contributed by atoms with Crippen molar-refractivity contribution in [2.45, 2.75) is 13.3 Å². The average Bonchev–Trinajstić information content (AvgIpc) is 3.12. The van der Waals surface area contributed by atoms with Gasteiger partial charge in [0, 0.05) is 28.4 Å². The molecule has 5 nitrogen and oxygen atoms in total. The molecule has 0 saturated carbocycles. The lowest BCUT2D eigenvalue weighted by Crippen LogP contribution is -2.27. The van der Waals surface area contributed by atoms with E-state index in [2.05, 4.69) is 28.6 Å². The van der Waals surface area contributed by atoms with Gasteiger partial charge in [-0.15, -0.1) is 12.4 Å². The first-order chi connectivity index (χ1) is 14.5. The summed E-state index contributed by atoms with van der Waals surface area (Å²) in [7, 11) is 1.89. The molecule has 0 saturated heterocycles. The van der Waals surface area contributed by atoms with Crippen LogP contribution >= 0.6 is 35.6 Å². The van der Waals surface area contributed by atoms with Gasteiger partial charge in [-0.2, -0.15) is 0 Å². The van der Waals surface area contributed by atoms with Crippen molar-refractivity contribution in [2.75, 3.05) is 20.1 Å². The van der Waals surface area contributed by atoms with Crippen LogP contribution < -0.4 is 10.6 Å². The Morgan fingerprint density at radius 3 is 2.58 bits per heavy atom. The molecule has 0 aliphatic carbocycles. The predicted octanol–water partition coefficient (Wildman–Crippen LogP) is 5.76. The molecule has 0 spiro atoms. The van der Waals surface area contributed by atoms with Gasteiger partial charge in [0.25, 0.3) is 5.91 Å². The van der Waals surface area contributed by atoms with E-state index >= 15 is 0 Å². The number of hydrogen-bond donors (Lipinski definition) is 3. The Bertz CT molecular complexity index is 1250. The number of nitrogens with one attached hydrogen (secondary N) is 3. The van der Waals surface area contributed by atoms with Crippen molar-refractivity contribution in [3.63, 3.8) is 0 Å². The summed E-state index contributed by atoms with van der Waals surface area (Å²) in [5, 5.41) is 8.94. The Morgan fingerprint density at radius 1 is 1.03 bits per heavy atom. The molecule has 0 unspecified atom stereocenters. The van der Waals surface area contributed by atoms with Crippen LogP contribution in [0.3, 0.4) is 0 Å². The molecule has 2 heterocycles. The summed E-state index contributed by atoms with van der Waals surface area (Å²) in [6.07, 6.45) is 0.844. The normalized spacial score (nSPS) is 11.0. The molecular formula is C23H23Cl3N4O. The van der Waals surface area contributed by atoms with Gasteiger partial charge >= 0.3 is 0 Å². The van der Waals surface area contributed by atoms with E-state index in [9.17, 15) is 4.79 Å². The first-order valence-corrected chi connectivity index (χ1v) is 10.6. The largest absolute Gasteiger partial charge is 0.353 e. The molecule has 162 valence electrons. The fourth-order valence-electron chi connectivity index (χ4n) is 3.59. The quantitative estimate of drug-likeness (QED) is 0.309. The van der Waals surface area contributed by atoms with Crippen LogP contribution in [-0.4, -0.2) is 36.0 Å². The van der Waals surface area contributed by atoms with Crippen LogP contribution in [0.15, 0.2) is 42.5 Å². The first-order valence-electron chi connectivity index (χ1n) is 9.80. The number of halogens is 3. The molecule has 0 atom stereocenters. The molecule has 2 aromatic carbocycles. The second-order valence-electron chi connectivity index (χ2n) is 7.24. The molecule has 0 bridgehead atoms. The van der Waals surface area contributed by atoms with E-state index in [0.717, 1.165) is 45.9 Å². The van der Waals surface area contributed by atoms with Crippen LogP contribution in [0.5, 0.6) is 0 Å². The molecule has 0 aliphatic heterocycles. The van der Waals surface area contributed by atoms with Gasteiger partial charge in [0.2, 0.25) is 0 Å². The van der Waals surface area contributed by atoms with E-state index in [1.807, 2.05) is 31.3 Å². The van der Waals surface area contributed by atoms with Gasteiger partial charge in [-0.05, 0) is 50.7 Å². The number of nitrogens with zero attached hydrogens (tertiary/aromatic N) is 1. The summed E-state index contributed by atoms with van der Waals surface area (Å²) in [5.41, 5.74) is 4.86. The van der Waals surface area contributed by atoms with Crippen molar-refractivity contribution in [1.82, 2.24) is 20.6 Å². The number of aromatic nitrogens is 2. The second-order valence-corrected chi connectivity index (χ2v) is 8.06. The summed E-state index contributed by atoms with van der Waals surface area (Å²) in [6.45, 7) is 3.47. The van der Waals surface area contributed by atoms with Gasteiger partial charge in [0.05, 0.1) is 21.3 Å². The number of carbonyl (C=O) groups is 1. The lowest BCUT2D eigenvalue weighted by Gasteiger charge is -2.09. The third kappa shape index (κ3) is 4.65. The lowest BCUT2D eigenvalue weighted by molar-refractivity contribution is 0.0948. The fraction of sp³-hybridized carbons (Fsp3) is 0.217. The number of benzene rings is 2. The van der Waals surface area contributed by atoms with E-state index in [1.54, 1.807) is 12.1 Å². The highest BCUT2D eigenvalue weighted by molar-refractivity contribution is 6.42. The van der Waals surface area contributed by atoms with Crippen LogP contribution in [0, 0.1) is 6.92 Å². The van der Waals surface area contributed by atoms with Crippen LogP contribution in [-0.2, 0) is 0 Å². The molecule has 31 heavy (non-hydrogen) atoms. The highest BCUT2D eigenvalue weighted by atomic mass is 35.5. The minimum atomic E-state index is -0.198. The smallest absolute Gasteiger partial charge is 0.269 e. The van der Waals surface area contributed by atoms with Crippen molar-refractivity contribution in [3.8, 4) is 11.3 Å². The van der Waals surface area contributed by atoms with Gasteiger partial charge < -0.3 is 15.6 Å². The van der Waals surface area contributed by atoms with E-state index in [4.69, 9.17) is 28.2 Å². The van der Waals surface area contributed by atoms with Gasteiger partial charge in [-0.1, -0.05) is 47.5 Å². The molecule has 3 N–H and O–H groups in total. The molecule has 4 aromatic rings. The van der Waals surface area contributed by atoms with Crippen LogP contribution in [0.4, 0.5) is 0 Å². The Hall–Kier alpha value is -2.31. The predicted molar refractivity (Wildman–Crippen MR) is 132 cm³/mol. The second kappa shape index (κ2) is 9.88. The van der Waals surface area contributed by atoms with Crippen LogP contribution in [0.2, 0.25) is 10.0 Å². The van der Waals surface area contributed by atoms with Gasteiger partial charge in [0.1, 0.15) is 5.69 Å². The number of amides is 1. The Labute approximate surface area is 196 Å². The van der Waals surface area contributed by atoms with E-state index in [-0.39, 0.29) is 18.3 Å². The summed E-state index contributed by atoms with van der Waals surface area (Å²) in [5.74, 6) is -0.198. The maximum atomic E-state index is 12.8. The number of aryl methyl sites for hydroxylation is 1. The number of pyridine rings is 1. The van der Waals surface area contributed by atoms with E-state index in [1.165, 1.54) is 0 Å². The fourth-order valence-corrected chi connectivity index (χ4v) is 3.89. The van der Waals surface area contributed by atoms with E-state index in [0.29, 0.717) is 28.0 Å². The van der Waals surface area contributed by atoms with Crippen molar-refractivity contribution in [2.24, 2.45) is 0 Å². The SMILES string of the molecule is CNCCCNC(=O)c1cc2c([nH]c3c(C)cccc32)c(-c2ccc(Cl)c(Cl)c2)n1.Cl. The Kier molecular flexibility index (Phi) is 7.44. The highest BCUT2D eigenvalue weighted by Crippen LogP contribution is 2.35. The van der Waals surface area contributed by atoms with Crippen molar-refractivity contribution in [3.05, 3.63) is 63.8 Å². The minimum absolute atomic E-state index is 0. The standard InChI is InChI=1S/C23H22Cl2N4O.ClH/c1-13-5-3-6-15-16-12-19(23(30)27-10-4-9-26-2)28-21(22(16)29-20(13)15)14-7-8-17(24)18(25)11-14;/h3,5-8,11-12,26,29H,4,9-10H2,1-2H3,(H,27,30);1H. The maximum Gasteiger partial charge on any atom is 0.269 e. The number of H-pyrrole nitrogens is 1. The molecule has 1 amide bonds. The van der Waals surface area contributed by atoms with Crippen LogP contribution in [0.25, 0.3) is 33.1 Å². The van der Waals surface area contributed by atoms with Gasteiger partial charge in [-0.25, -0.2) is 4.98 Å². The molecule has 0 aliphatic rings. The number of hydrogen-bond acceptors (Lipinski definition) is 3. The number of para-hydroxylation sites is 1. The number of rotatable bonds is 6. The maximum absolute atomic E-state index is 12.8. The minimum Gasteiger partial charge on any atom is -0.353 e. The topological polar surface area (TPSA) is 69.8 Å². The number of carbonyl (C=O) groups excluding carboxylic acids is 1. The van der Waals surface area contributed by atoms with Crippen LogP contribution in [0.1, 0.15) is 22.5 Å². The number of aromatic amines is 1. The summed E-state index contributed by atoms with van der Waals surface area (Å²) in [6, 6.07) is 13.4. The molecule has 2 aromatic heterocycles. The molecule has 0 radical (unpaired) electrons. The zero-order valence-electron chi connectivity index (χ0n) is 17.2. The van der Waals surface area contributed by atoms with Crippen molar-refractivity contribution >= 4 is 63.3 Å². The van der Waals surface area contributed by atoms with Gasteiger partial charge in [0.15, 0.2) is 0 Å². The molecular weight excluding hydrogens is 455 g/mol. The zero-order chi connectivity index (χ0) is 21.3. The Morgan fingerprint density at radius 2 is 1.84 bits per heavy atom. The summed E-state index contributed by atoms with van der Waals surface area (Å²) in [4.78, 5) is 21.0. The van der Waals surface area contributed by atoms with E-state index < -0.39 is 0 Å². The summed E-state index contributed by atoms with van der Waals surface area (Å²) >= 11 is 12.4. The van der Waals surface area contributed by atoms with Crippen molar-refractivity contribution in [1.29, 1.82) is 0 Å². The zero-order valence-corrected chi connectivity index (χ0v) is 19.5.